The number of halogens is 1. The largest absolute Gasteiger partial charge is 0.409 e. The lowest BCUT2D eigenvalue weighted by atomic mass is 10.1. The lowest BCUT2D eigenvalue weighted by Crippen LogP contribution is -2.47. The summed E-state index contributed by atoms with van der Waals surface area (Å²) in [5.74, 6) is 0.107. The van der Waals surface area contributed by atoms with E-state index in [-0.39, 0.29) is 11.9 Å². The molecule has 19 heavy (non-hydrogen) atoms. The zero-order chi connectivity index (χ0) is 14.0. The zero-order valence-corrected chi connectivity index (χ0v) is 12.6. The molecule has 1 aromatic carbocycles. The topological polar surface area (TPSA) is 71.1 Å². The molecule has 104 valence electrons. The van der Waals surface area contributed by atoms with Crippen LogP contribution in [-0.4, -0.2) is 36.3 Å². The summed E-state index contributed by atoms with van der Waals surface area (Å²) < 4.78 is 6.56. The SMILES string of the molecule is CC1CN(c2ccc(/C(N)=N/O)cc2Br)C(C)CO1. The Kier molecular flexibility index (Phi) is 4.31. The molecule has 2 atom stereocenters. The van der Waals surface area contributed by atoms with Crippen LogP contribution in [0.5, 0.6) is 0 Å². The standard InChI is InChI=1S/C13H18BrN3O2/c1-8-7-19-9(2)6-17(8)12-4-3-10(5-11(12)14)13(15)16-18/h3-5,8-9,18H,6-7H2,1-2H3,(H2,15,16). The van der Waals surface area contributed by atoms with Crippen LogP contribution in [0.15, 0.2) is 27.8 Å². The first-order chi connectivity index (χ1) is 9.02. The lowest BCUT2D eigenvalue weighted by Gasteiger charge is -2.39. The van der Waals surface area contributed by atoms with Crippen molar-refractivity contribution in [3.05, 3.63) is 28.2 Å². The normalized spacial score (nSPS) is 24.6. The van der Waals surface area contributed by atoms with E-state index < -0.39 is 0 Å². The molecule has 0 spiro atoms. The quantitative estimate of drug-likeness (QED) is 0.378. The molecule has 1 saturated heterocycles. The van der Waals surface area contributed by atoms with Crippen molar-refractivity contribution >= 4 is 27.5 Å². The molecule has 1 aliphatic heterocycles. The summed E-state index contributed by atoms with van der Waals surface area (Å²) in [5, 5.41) is 11.7. The average Bonchev–Trinajstić information content (AvgIpc) is 2.41. The number of nitrogens with two attached hydrogens (primary N) is 1. The maximum Gasteiger partial charge on any atom is 0.170 e. The number of ether oxygens (including phenoxy) is 1. The van der Waals surface area contributed by atoms with E-state index in [0.29, 0.717) is 11.6 Å². The van der Waals surface area contributed by atoms with Crippen molar-refractivity contribution in [2.75, 3.05) is 18.1 Å². The summed E-state index contributed by atoms with van der Waals surface area (Å²) in [6.45, 7) is 5.77. The molecule has 0 amide bonds. The Bertz CT molecular complexity index is 493. The molecule has 5 nitrogen and oxygen atoms in total. The molecule has 2 unspecified atom stereocenters. The van der Waals surface area contributed by atoms with Crippen molar-refractivity contribution < 1.29 is 9.94 Å². The van der Waals surface area contributed by atoms with Crippen LogP contribution in [-0.2, 0) is 4.74 Å². The molecule has 0 aromatic heterocycles. The summed E-state index contributed by atoms with van der Waals surface area (Å²) in [6.07, 6.45) is 0.215. The minimum atomic E-state index is 0.107. The van der Waals surface area contributed by atoms with Gasteiger partial charge in [-0.15, -0.1) is 0 Å². The van der Waals surface area contributed by atoms with Crippen molar-refractivity contribution in [1.82, 2.24) is 0 Å². The Morgan fingerprint density at radius 2 is 2.26 bits per heavy atom. The van der Waals surface area contributed by atoms with E-state index in [2.05, 4.69) is 39.8 Å². The van der Waals surface area contributed by atoms with Crippen molar-refractivity contribution in [1.29, 1.82) is 0 Å². The van der Waals surface area contributed by atoms with Crippen LogP contribution in [0.1, 0.15) is 19.4 Å². The fraction of sp³-hybridized carbons (Fsp3) is 0.462. The van der Waals surface area contributed by atoms with E-state index >= 15 is 0 Å². The van der Waals surface area contributed by atoms with Crippen LogP contribution in [0.25, 0.3) is 0 Å². The number of amidine groups is 1. The van der Waals surface area contributed by atoms with E-state index in [9.17, 15) is 0 Å². The predicted molar refractivity (Wildman–Crippen MR) is 78.9 cm³/mol. The maximum absolute atomic E-state index is 8.69. The van der Waals surface area contributed by atoms with Gasteiger partial charge in [-0.1, -0.05) is 5.16 Å². The summed E-state index contributed by atoms with van der Waals surface area (Å²) in [7, 11) is 0. The molecule has 0 bridgehead atoms. The van der Waals surface area contributed by atoms with Crippen molar-refractivity contribution in [2.24, 2.45) is 10.9 Å². The Balaban J connectivity index is 2.30. The predicted octanol–water partition coefficient (Wildman–Crippen LogP) is 2.16. The van der Waals surface area contributed by atoms with Crippen molar-refractivity contribution in [2.45, 2.75) is 26.0 Å². The molecule has 0 saturated carbocycles. The lowest BCUT2D eigenvalue weighted by molar-refractivity contribution is 0.0343. The summed E-state index contributed by atoms with van der Waals surface area (Å²) in [5.41, 5.74) is 7.37. The highest BCUT2D eigenvalue weighted by Crippen LogP contribution is 2.30. The Morgan fingerprint density at radius 3 is 2.89 bits per heavy atom. The van der Waals surface area contributed by atoms with Crippen LogP contribution in [0.3, 0.4) is 0 Å². The second kappa shape index (κ2) is 5.79. The Labute approximate surface area is 121 Å². The number of rotatable bonds is 2. The van der Waals surface area contributed by atoms with Gasteiger partial charge in [0.25, 0.3) is 0 Å². The second-order valence-corrected chi connectivity index (χ2v) is 5.65. The van der Waals surface area contributed by atoms with E-state index in [1.807, 2.05) is 18.2 Å². The number of hydrogen-bond acceptors (Lipinski definition) is 4. The van der Waals surface area contributed by atoms with E-state index in [1.165, 1.54) is 0 Å². The maximum atomic E-state index is 8.69. The highest BCUT2D eigenvalue weighted by atomic mass is 79.9. The van der Waals surface area contributed by atoms with Crippen LogP contribution < -0.4 is 10.6 Å². The number of morpholine rings is 1. The smallest absolute Gasteiger partial charge is 0.170 e. The number of anilines is 1. The molecular weight excluding hydrogens is 310 g/mol. The molecular formula is C13H18BrN3O2. The van der Waals surface area contributed by atoms with Gasteiger partial charge in [0.1, 0.15) is 0 Å². The average molecular weight is 328 g/mol. The fourth-order valence-electron chi connectivity index (χ4n) is 2.20. The number of nitrogens with zero attached hydrogens (tertiary/aromatic N) is 2. The molecule has 3 N–H and O–H groups in total. The van der Waals surface area contributed by atoms with E-state index in [1.54, 1.807) is 0 Å². The third-order valence-corrected chi connectivity index (χ3v) is 3.90. The number of hydrogen-bond donors (Lipinski definition) is 2. The van der Waals surface area contributed by atoms with Crippen molar-refractivity contribution in [3.63, 3.8) is 0 Å². The molecule has 0 radical (unpaired) electrons. The van der Waals surface area contributed by atoms with Crippen LogP contribution in [0.4, 0.5) is 5.69 Å². The summed E-state index contributed by atoms with van der Waals surface area (Å²) >= 11 is 3.55. The van der Waals surface area contributed by atoms with Crippen LogP contribution >= 0.6 is 15.9 Å². The van der Waals surface area contributed by atoms with Gasteiger partial charge in [0, 0.05) is 22.6 Å². The second-order valence-electron chi connectivity index (χ2n) is 4.80. The summed E-state index contributed by atoms with van der Waals surface area (Å²) in [6, 6.07) is 6.01. The van der Waals surface area contributed by atoms with Crippen LogP contribution in [0, 0.1) is 0 Å². The molecule has 1 heterocycles. The third kappa shape index (κ3) is 3.01. The fourth-order valence-corrected chi connectivity index (χ4v) is 2.80. The van der Waals surface area contributed by atoms with Crippen LogP contribution in [0.2, 0.25) is 0 Å². The molecule has 1 aromatic rings. The third-order valence-electron chi connectivity index (χ3n) is 3.27. The Morgan fingerprint density at radius 1 is 1.53 bits per heavy atom. The van der Waals surface area contributed by atoms with Crippen molar-refractivity contribution in [3.8, 4) is 0 Å². The molecule has 1 fully saturated rings. The minimum Gasteiger partial charge on any atom is -0.409 e. The van der Waals surface area contributed by atoms with Gasteiger partial charge in [-0.05, 0) is 48.0 Å². The van der Waals surface area contributed by atoms with Gasteiger partial charge in [0.05, 0.1) is 18.4 Å². The molecule has 0 aliphatic carbocycles. The molecule has 2 rings (SSSR count). The number of benzene rings is 1. The van der Waals surface area contributed by atoms with Gasteiger partial charge >= 0.3 is 0 Å². The summed E-state index contributed by atoms with van der Waals surface area (Å²) in [4.78, 5) is 2.30. The van der Waals surface area contributed by atoms with Gasteiger partial charge < -0.3 is 20.6 Å². The van der Waals surface area contributed by atoms with Gasteiger partial charge in [-0.3, -0.25) is 0 Å². The van der Waals surface area contributed by atoms with Gasteiger partial charge in [-0.2, -0.15) is 0 Å². The monoisotopic (exact) mass is 327 g/mol. The van der Waals surface area contributed by atoms with Gasteiger partial charge in [0.15, 0.2) is 5.84 Å². The first-order valence-corrected chi connectivity index (χ1v) is 6.98. The van der Waals surface area contributed by atoms with E-state index in [4.69, 9.17) is 15.7 Å². The van der Waals surface area contributed by atoms with Gasteiger partial charge in [0.2, 0.25) is 0 Å². The Hall–Kier alpha value is -1.27. The molecule has 6 heteroatoms. The molecule has 1 aliphatic rings. The highest BCUT2D eigenvalue weighted by molar-refractivity contribution is 9.10. The first kappa shape index (κ1) is 14.1. The first-order valence-electron chi connectivity index (χ1n) is 6.18. The van der Waals surface area contributed by atoms with E-state index in [0.717, 1.165) is 23.3 Å². The zero-order valence-electron chi connectivity index (χ0n) is 11.0. The number of oxime groups is 1. The van der Waals surface area contributed by atoms with Gasteiger partial charge in [-0.25, -0.2) is 0 Å². The minimum absolute atomic E-state index is 0.107. The highest BCUT2D eigenvalue weighted by Gasteiger charge is 2.25.